The number of likely N-dealkylation sites (tertiary alicyclic amines) is 1. The average molecular weight is 233 g/mol. The fourth-order valence-electron chi connectivity index (χ4n) is 2.61. The van der Waals surface area contributed by atoms with Gasteiger partial charge in [0.05, 0.1) is 6.10 Å². The van der Waals surface area contributed by atoms with Crippen molar-refractivity contribution in [3.8, 4) is 0 Å². The number of aliphatic hydroxyl groups excluding tert-OH is 1. The summed E-state index contributed by atoms with van der Waals surface area (Å²) in [5, 5.41) is 10.4. The monoisotopic (exact) mass is 233 g/mol. The van der Waals surface area contributed by atoms with Gasteiger partial charge in [-0.25, -0.2) is 0 Å². The maximum absolute atomic E-state index is 11.0. The molecule has 1 fully saturated rings. The number of carbonyl (C=O) groups excluding carboxylic acids is 1. The van der Waals surface area contributed by atoms with E-state index in [2.05, 4.69) is 11.9 Å². The Morgan fingerprint density at radius 2 is 2.24 bits per heavy atom. The van der Waals surface area contributed by atoms with Crippen LogP contribution in [-0.2, 0) is 0 Å². The Hall–Kier alpha value is -1.19. The van der Waals surface area contributed by atoms with Gasteiger partial charge in [0.2, 0.25) is 0 Å². The number of aldehydes is 1. The normalized spacial score (nSPS) is 23.3. The van der Waals surface area contributed by atoms with E-state index >= 15 is 0 Å². The zero-order valence-corrected chi connectivity index (χ0v) is 10.2. The van der Waals surface area contributed by atoms with Gasteiger partial charge in [0.1, 0.15) is 6.29 Å². The predicted octanol–water partition coefficient (Wildman–Crippen LogP) is 1.87. The molecule has 1 heterocycles. The smallest absolute Gasteiger partial charge is 0.150 e. The van der Waals surface area contributed by atoms with Gasteiger partial charge in [0.15, 0.2) is 0 Å². The summed E-state index contributed by atoms with van der Waals surface area (Å²) in [7, 11) is 2.07. The summed E-state index contributed by atoms with van der Waals surface area (Å²) in [6.07, 6.45) is 2.44. The summed E-state index contributed by atoms with van der Waals surface area (Å²) in [6.45, 7) is 1.99. The van der Waals surface area contributed by atoms with Crippen molar-refractivity contribution >= 4 is 6.29 Å². The van der Waals surface area contributed by atoms with Crippen molar-refractivity contribution in [1.29, 1.82) is 0 Å². The summed E-state index contributed by atoms with van der Waals surface area (Å²) >= 11 is 0. The SMILES string of the molecule is CN1CCCC(C(O)c2ccccc2C=O)C1. The minimum absolute atomic E-state index is 0.231. The standard InChI is InChI=1S/C14H19NO2/c1-15-8-4-6-11(9-15)14(17)13-7-3-2-5-12(13)10-16/h2-3,5,7,10-11,14,17H,4,6,8-9H2,1H3. The second-order valence-electron chi connectivity index (χ2n) is 4.86. The molecule has 0 radical (unpaired) electrons. The second-order valence-corrected chi connectivity index (χ2v) is 4.86. The Bertz CT molecular complexity index is 392. The number of hydrogen-bond acceptors (Lipinski definition) is 3. The van der Waals surface area contributed by atoms with Crippen LogP contribution in [0.4, 0.5) is 0 Å². The van der Waals surface area contributed by atoms with Gasteiger partial charge in [-0.1, -0.05) is 24.3 Å². The Labute approximate surface area is 102 Å². The van der Waals surface area contributed by atoms with Crippen LogP contribution in [0.2, 0.25) is 0 Å². The maximum atomic E-state index is 11.0. The second kappa shape index (κ2) is 5.43. The molecule has 92 valence electrons. The third kappa shape index (κ3) is 2.73. The first-order valence-corrected chi connectivity index (χ1v) is 6.13. The first-order valence-electron chi connectivity index (χ1n) is 6.13. The van der Waals surface area contributed by atoms with E-state index in [-0.39, 0.29) is 5.92 Å². The average Bonchev–Trinajstić information content (AvgIpc) is 2.38. The number of rotatable bonds is 3. The minimum atomic E-state index is -0.529. The van der Waals surface area contributed by atoms with E-state index in [0.717, 1.165) is 37.8 Å². The zero-order valence-electron chi connectivity index (χ0n) is 10.2. The minimum Gasteiger partial charge on any atom is -0.388 e. The van der Waals surface area contributed by atoms with Crippen LogP contribution >= 0.6 is 0 Å². The molecule has 3 heteroatoms. The van der Waals surface area contributed by atoms with Crippen molar-refractivity contribution in [2.75, 3.05) is 20.1 Å². The highest BCUT2D eigenvalue weighted by atomic mass is 16.3. The quantitative estimate of drug-likeness (QED) is 0.810. The lowest BCUT2D eigenvalue weighted by molar-refractivity contribution is 0.0585. The van der Waals surface area contributed by atoms with Crippen LogP contribution in [0.3, 0.4) is 0 Å². The summed E-state index contributed by atoms with van der Waals surface area (Å²) in [5.74, 6) is 0.231. The lowest BCUT2D eigenvalue weighted by Crippen LogP contribution is -2.35. The summed E-state index contributed by atoms with van der Waals surface area (Å²) in [4.78, 5) is 13.2. The fourth-order valence-corrected chi connectivity index (χ4v) is 2.61. The van der Waals surface area contributed by atoms with Crippen molar-refractivity contribution < 1.29 is 9.90 Å². The van der Waals surface area contributed by atoms with Crippen LogP contribution in [0.5, 0.6) is 0 Å². The third-order valence-corrected chi connectivity index (χ3v) is 3.55. The summed E-state index contributed by atoms with van der Waals surface area (Å²) in [5.41, 5.74) is 1.37. The van der Waals surface area contributed by atoms with Gasteiger partial charge in [0, 0.05) is 18.0 Å². The molecule has 1 aliphatic rings. The predicted molar refractivity (Wildman–Crippen MR) is 67.0 cm³/mol. The molecule has 1 aliphatic heterocycles. The number of benzene rings is 1. The topological polar surface area (TPSA) is 40.5 Å². The first kappa shape index (κ1) is 12.3. The fraction of sp³-hybridized carbons (Fsp3) is 0.500. The lowest BCUT2D eigenvalue weighted by Gasteiger charge is -2.33. The number of aliphatic hydroxyl groups is 1. The zero-order chi connectivity index (χ0) is 12.3. The van der Waals surface area contributed by atoms with Crippen molar-refractivity contribution in [3.63, 3.8) is 0 Å². The van der Waals surface area contributed by atoms with Crippen molar-refractivity contribution in [2.45, 2.75) is 18.9 Å². The molecule has 0 spiro atoms. The molecule has 1 N–H and O–H groups in total. The van der Waals surface area contributed by atoms with Crippen LogP contribution in [0, 0.1) is 5.92 Å². The summed E-state index contributed by atoms with van der Waals surface area (Å²) < 4.78 is 0. The molecule has 0 bridgehead atoms. The number of piperidine rings is 1. The molecular formula is C14H19NO2. The molecule has 3 nitrogen and oxygen atoms in total. The largest absolute Gasteiger partial charge is 0.388 e. The van der Waals surface area contributed by atoms with Gasteiger partial charge in [-0.05, 0) is 32.0 Å². The van der Waals surface area contributed by atoms with Crippen LogP contribution in [0.1, 0.15) is 34.9 Å². The van der Waals surface area contributed by atoms with Crippen molar-refractivity contribution in [3.05, 3.63) is 35.4 Å². The van der Waals surface area contributed by atoms with Gasteiger partial charge < -0.3 is 10.0 Å². The molecule has 0 saturated carbocycles. The van der Waals surface area contributed by atoms with Crippen LogP contribution < -0.4 is 0 Å². The Balaban J connectivity index is 2.18. The van der Waals surface area contributed by atoms with E-state index < -0.39 is 6.10 Å². The Kier molecular flexibility index (Phi) is 3.92. The Morgan fingerprint density at radius 3 is 2.94 bits per heavy atom. The van der Waals surface area contributed by atoms with E-state index in [9.17, 15) is 9.90 Å². The number of hydrogen-bond donors (Lipinski definition) is 1. The highest BCUT2D eigenvalue weighted by Gasteiger charge is 2.26. The molecule has 2 atom stereocenters. The maximum Gasteiger partial charge on any atom is 0.150 e. The molecule has 2 unspecified atom stereocenters. The van der Waals surface area contributed by atoms with Gasteiger partial charge in [-0.2, -0.15) is 0 Å². The Morgan fingerprint density at radius 1 is 1.47 bits per heavy atom. The molecule has 0 aliphatic carbocycles. The molecule has 0 aromatic heterocycles. The van der Waals surface area contributed by atoms with E-state index in [1.54, 1.807) is 6.07 Å². The highest BCUT2D eigenvalue weighted by molar-refractivity contribution is 5.77. The molecule has 2 rings (SSSR count). The van der Waals surface area contributed by atoms with Crippen molar-refractivity contribution in [1.82, 2.24) is 4.90 Å². The van der Waals surface area contributed by atoms with Crippen LogP contribution in [0.15, 0.2) is 24.3 Å². The van der Waals surface area contributed by atoms with Gasteiger partial charge in [-0.3, -0.25) is 4.79 Å². The molecule has 1 saturated heterocycles. The van der Waals surface area contributed by atoms with Crippen LogP contribution in [-0.4, -0.2) is 36.4 Å². The molecule has 0 amide bonds. The van der Waals surface area contributed by atoms with Gasteiger partial charge in [-0.15, -0.1) is 0 Å². The van der Waals surface area contributed by atoms with Crippen molar-refractivity contribution in [2.24, 2.45) is 5.92 Å². The molecule has 17 heavy (non-hydrogen) atoms. The summed E-state index contributed by atoms with van der Waals surface area (Å²) in [6, 6.07) is 7.31. The van der Waals surface area contributed by atoms with Gasteiger partial charge >= 0.3 is 0 Å². The van der Waals surface area contributed by atoms with E-state index in [1.165, 1.54) is 0 Å². The number of carbonyl (C=O) groups is 1. The first-order chi connectivity index (χ1) is 8.22. The molecule has 1 aromatic rings. The number of nitrogens with zero attached hydrogens (tertiary/aromatic N) is 1. The van der Waals surface area contributed by atoms with E-state index in [4.69, 9.17) is 0 Å². The molecule has 1 aromatic carbocycles. The van der Waals surface area contributed by atoms with E-state index in [0.29, 0.717) is 5.56 Å². The third-order valence-electron chi connectivity index (χ3n) is 3.55. The molecular weight excluding hydrogens is 214 g/mol. The lowest BCUT2D eigenvalue weighted by atomic mass is 9.87. The van der Waals surface area contributed by atoms with Gasteiger partial charge in [0.25, 0.3) is 0 Å². The highest BCUT2D eigenvalue weighted by Crippen LogP contribution is 2.30. The van der Waals surface area contributed by atoms with Crippen LogP contribution in [0.25, 0.3) is 0 Å². The van der Waals surface area contributed by atoms with E-state index in [1.807, 2.05) is 18.2 Å².